The number of nitrogens with zero attached hydrogens (tertiary/aromatic N) is 4. The molecule has 126 valence electrons. The highest BCUT2D eigenvalue weighted by Crippen LogP contribution is 2.25. The summed E-state index contributed by atoms with van der Waals surface area (Å²) in [5, 5.41) is 7.91. The molecule has 3 heterocycles. The lowest BCUT2D eigenvalue weighted by atomic mass is 10.1. The van der Waals surface area contributed by atoms with Gasteiger partial charge in [-0.1, -0.05) is 5.16 Å². The third-order valence-corrected chi connectivity index (χ3v) is 3.97. The summed E-state index contributed by atoms with van der Waals surface area (Å²) in [6.07, 6.45) is -3.18. The molecule has 3 rings (SSSR count). The minimum atomic E-state index is -4.30. The van der Waals surface area contributed by atoms with E-state index in [2.05, 4.69) is 15.2 Å². The fraction of sp³-hybridized carbons (Fsp3) is 0.643. The molecule has 0 N–H and O–H groups in total. The van der Waals surface area contributed by atoms with Gasteiger partial charge in [0.05, 0.1) is 18.7 Å². The van der Waals surface area contributed by atoms with Gasteiger partial charge in [-0.25, -0.2) is 0 Å². The summed E-state index contributed by atoms with van der Waals surface area (Å²) in [5.41, 5.74) is 1.69. The van der Waals surface area contributed by atoms with Gasteiger partial charge >= 0.3 is 6.18 Å². The maximum atomic E-state index is 12.6. The molecule has 1 unspecified atom stereocenters. The van der Waals surface area contributed by atoms with Gasteiger partial charge in [-0.05, 0) is 20.3 Å². The van der Waals surface area contributed by atoms with Gasteiger partial charge in [-0.15, -0.1) is 0 Å². The van der Waals surface area contributed by atoms with E-state index < -0.39 is 12.7 Å². The van der Waals surface area contributed by atoms with Crippen molar-refractivity contribution in [3.63, 3.8) is 0 Å². The molecule has 0 aromatic carbocycles. The summed E-state index contributed by atoms with van der Waals surface area (Å²) in [5.74, 6) is 1.10. The van der Waals surface area contributed by atoms with Crippen molar-refractivity contribution in [2.24, 2.45) is 0 Å². The van der Waals surface area contributed by atoms with Crippen LogP contribution < -0.4 is 0 Å². The van der Waals surface area contributed by atoms with Gasteiger partial charge in [0.2, 0.25) is 5.89 Å². The highest BCUT2D eigenvalue weighted by atomic mass is 19.4. The summed E-state index contributed by atoms with van der Waals surface area (Å²) >= 11 is 0. The van der Waals surface area contributed by atoms with E-state index in [1.807, 2.05) is 0 Å². The Labute approximate surface area is 130 Å². The second-order valence-electron chi connectivity index (χ2n) is 5.71. The van der Waals surface area contributed by atoms with Crippen molar-refractivity contribution in [2.75, 3.05) is 13.2 Å². The summed E-state index contributed by atoms with van der Waals surface area (Å²) in [6, 6.07) is 0. The van der Waals surface area contributed by atoms with Gasteiger partial charge in [-0.2, -0.15) is 23.3 Å². The fourth-order valence-corrected chi connectivity index (χ4v) is 2.71. The molecule has 0 radical (unpaired) electrons. The molecule has 0 bridgehead atoms. The molecule has 1 fully saturated rings. The van der Waals surface area contributed by atoms with Crippen molar-refractivity contribution >= 4 is 0 Å². The Balaban J connectivity index is 1.77. The Kier molecular flexibility index (Phi) is 4.13. The zero-order valence-corrected chi connectivity index (χ0v) is 12.9. The van der Waals surface area contributed by atoms with Crippen molar-refractivity contribution in [3.8, 4) is 0 Å². The molecule has 9 heteroatoms. The van der Waals surface area contributed by atoms with E-state index in [1.54, 1.807) is 13.8 Å². The number of rotatable bonds is 4. The van der Waals surface area contributed by atoms with Crippen molar-refractivity contribution in [1.29, 1.82) is 0 Å². The van der Waals surface area contributed by atoms with Gasteiger partial charge in [0.25, 0.3) is 0 Å². The first-order valence-corrected chi connectivity index (χ1v) is 7.33. The van der Waals surface area contributed by atoms with Gasteiger partial charge < -0.3 is 9.26 Å². The molecule has 0 saturated carbocycles. The SMILES string of the molecule is Cc1nn(CC(F)(F)F)c(C)c1Cc1nc(C2CCOC2)no1. The van der Waals surface area contributed by atoms with Gasteiger partial charge in [-0.3, -0.25) is 4.68 Å². The van der Waals surface area contributed by atoms with Gasteiger partial charge in [0.15, 0.2) is 5.82 Å². The largest absolute Gasteiger partial charge is 0.408 e. The topological polar surface area (TPSA) is 66.0 Å². The molecule has 1 atom stereocenters. The molecule has 2 aromatic rings. The predicted molar refractivity (Wildman–Crippen MR) is 73.0 cm³/mol. The van der Waals surface area contributed by atoms with Crippen LogP contribution in [-0.2, 0) is 17.7 Å². The lowest BCUT2D eigenvalue weighted by Crippen LogP contribution is -2.19. The molecule has 1 aliphatic rings. The zero-order valence-electron chi connectivity index (χ0n) is 12.9. The number of aryl methyl sites for hydroxylation is 1. The molecule has 0 aliphatic carbocycles. The van der Waals surface area contributed by atoms with Crippen LogP contribution in [0.5, 0.6) is 0 Å². The fourth-order valence-electron chi connectivity index (χ4n) is 2.71. The average Bonchev–Trinajstić information content (AvgIpc) is 3.15. The van der Waals surface area contributed by atoms with Gasteiger partial charge in [0, 0.05) is 23.8 Å². The van der Waals surface area contributed by atoms with Crippen LogP contribution in [0, 0.1) is 13.8 Å². The average molecular weight is 330 g/mol. The lowest BCUT2D eigenvalue weighted by molar-refractivity contribution is -0.142. The van der Waals surface area contributed by atoms with Crippen LogP contribution in [-0.4, -0.2) is 39.3 Å². The predicted octanol–water partition coefficient (Wildman–Crippen LogP) is 2.54. The number of hydrogen-bond acceptors (Lipinski definition) is 5. The van der Waals surface area contributed by atoms with Crippen LogP contribution in [0.2, 0.25) is 0 Å². The molecule has 2 aromatic heterocycles. The van der Waals surface area contributed by atoms with Crippen LogP contribution in [0.3, 0.4) is 0 Å². The summed E-state index contributed by atoms with van der Waals surface area (Å²) in [6.45, 7) is 3.44. The standard InChI is InChI=1S/C14H17F3N4O2/c1-8-11(9(2)21(19-8)7-14(15,16)17)5-12-18-13(20-23-12)10-3-4-22-6-10/h10H,3-7H2,1-2H3. The molecule has 1 aliphatic heterocycles. The molecule has 23 heavy (non-hydrogen) atoms. The van der Waals surface area contributed by atoms with Crippen LogP contribution >= 0.6 is 0 Å². The monoisotopic (exact) mass is 330 g/mol. The Morgan fingerprint density at radius 2 is 2.09 bits per heavy atom. The van der Waals surface area contributed by atoms with Crippen molar-refractivity contribution < 1.29 is 22.4 Å². The maximum Gasteiger partial charge on any atom is 0.408 e. The smallest absolute Gasteiger partial charge is 0.381 e. The molecule has 0 amide bonds. The Bertz CT molecular complexity index is 687. The molecular formula is C14H17F3N4O2. The Hall–Kier alpha value is -1.90. The van der Waals surface area contributed by atoms with Crippen molar-refractivity contribution in [3.05, 3.63) is 28.7 Å². The minimum absolute atomic E-state index is 0.127. The summed E-state index contributed by atoms with van der Waals surface area (Å²) in [7, 11) is 0. The van der Waals surface area contributed by atoms with E-state index in [1.165, 1.54) is 0 Å². The third-order valence-electron chi connectivity index (χ3n) is 3.97. The van der Waals surface area contributed by atoms with Crippen LogP contribution in [0.15, 0.2) is 4.52 Å². The quantitative estimate of drug-likeness (QED) is 0.862. The van der Waals surface area contributed by atoms with E-state index in [9.17, 15) is 13.2 Å². The lowest BCUT2D eigenvalue weighted by Gasteiger charge is -2.08. The van der Waals surface area contributed by atoms with E-state index in [0.29, 0.717) is 41.9 Å². The van der Waals surface area contributed by atoms with E-state index in [-0.39, 0.29) is 12.3 Å². The second kappa shape index (κ2) is 5.95. The number of alkyl halides is 3. The third kappa shape index (κ3) is 3.54. The molecule has 6 nitrogen and oxygen atoms in total. The molecular weight excluding hydrogens is 313 g/mol. The minimum Gasteiger partial charge on any atom is -0.381 e. The molecule has 0 spiro atoms. The number of ether oxygens (including phenoxy) is 1. The van der Waals surface area contributed by atoms with Crippen LogP contribution in [0.25, 0.3) is 0 Å². The highest BCUT2D eigenvalue weighted by Gasteiger charge is 2.30. The van der Waals surface area contributed by atoms with Crippen LogP contribution in [0.1, 0.15) is 41.0 Å². The van der Waals surface area contributed by atoms with E-state index in [0.717, 1.165) is 11.1 Å². The maximum absolute atomic E-state index is 12.6. The summed E-state index contributed by atoms with van der Waals surface area (Å²) < 4.78 is 49.1. The highest BCUT2D eigenvalue weighted by molar-refractivity contribution is 5.27. The van der Waals surface area contributed by atoms with Crippen molar-refractivity contribution in [1.82, 2.24) is 19.9 Å². The number of hydrogen-bond donors (Lipinski definition) is 0. The second-order valence-corrected chi connectivity index (χ2v) is 5.71. The van der Waals surface area contributed by atoms with Crippen molar-refractivity contribution in [2.45, 2.75) is 45.3 Å². The first-order valence-electron chi connectivity index (χ1n) is 7.33. The Morgan fingerprint density at radius 1 is 1.30 bits per heavy atom. The first kappa shape index (κ1) is 16.0. The van der Waals surface area contributed by atoms with E-state index in [4.69, 9.17) is 9.26 Å². The van der Waals surface area contributed by atoms with Gasteiger partial charge in [0.1, 0.15) is 6.54 Å². The Morgan fingerprint density at radius 3 is 2.74 bits per heavy atom. The number of halogens is 3. The van der Waals surface area contributed by atoms with Crippen LogP contribution in [0.4, 0.5) is 13.2 Å². The zero-order chi connectivity index (χ0) is 16.6. The number of aromatic nitrogens is 4. The molecule has 1 saturated heterocycles. The first-order chi connectivity index (χ1) is 10.8. The summed E-state index contributed by atoms with van der Waals surface area (Å²) in [4.78, 5) is 4.34. The van der Waals surface area contributed by atoms with E-state index >= 15 is 0 Å². The normalized spacial score (nSPS) is 18.7.